The SMILES string of the molecule is CC1(C)CCCC2(C1)NC(C(C)(C)C)CCO2. The highest BCUT2D eigenvalue weighted by Crippen LogP contribution is 2.44. The first kappa shape index (κ1) is 13.4. The standard InChI is InChI=1S/C15H29NO/c1-13(2,3)12-7-10-17-15(16-12)9-6-8-14(4,5)11-15/h12,16H,6-11H2,1-5H3. The first-order valence-electron chi connectivity index (χ1n) is 7.14. The van der Waals surface area contributed by atoms with Gasteiger partial charge >= 0.3 is 0 Å². The minimum Gasteiger partial charge on any atom is -0.361 e. The predicted octanol–water partition coefficient (Wildman–Crippen LogP) is 3.71. The molecular weight excluding hydrogens is 210 g/mol. The number of hydrogen-bond acceptors (Lipinski definition) is 2. The summed E-state index contributed by atoms with van der Waals surface area (Å²) in [5, 5.41) is 3.84. The molecule has 100 valence electrons. The van der Waals surface area contributed by atoms with Gasteiger partial charge in [0.05, 0.1) is 6.61 Å². The molecule has 1 aliphatic carbocycles. The van der Waals surface area contributed by atoms with Crippen LogP contribution in [0, 0.1) is 10.8 Å². The molecule has 0 aromatic rings. The second kappa shape index (κ2) is 4.24. The van der Waals surface area contributed by atoms with E-state index in [0.717, 1.165) is 19.4 Å². The van der Waals surface area contributed by atoms with E-state index in [4.69, 9.17) is 4.74 Å². The Labute approximate surface area is 107 Å². The summed E-state index contributed by atoms with van der Waals surface area (Å²) in [5.74, 6) is 0. The van der Waals surface area contributed by atoms with Crippen LogP contribution in [-0.4, -0.2) is 18.4 Å². The van der Waals surface area contributed by atoms with Crippen LogP contribution in [0.1, 0.15) is 66.7 Å². The summed E-state index contributed by atoms with van der Waals surface area (Å²) >= 11 is 0. The third kappa shape index (κ3) is 3.03. The number of ether oxygens (including phenoxy) is 1. The molecule has 2 atom stereocenters. The first-order chi connectivity index (χ1) is 7.73. The van der Waals surface area contributed by atoms with Crippen molar-refractivity contribution < 1.29 is 4.74 Å². The van der Waals surface area contributed by atoms with E-state index in [2.05, 4.69) is 39.9 Å². The molecule has 0 aromatic carbocycles. The smallest absolute Gasteiger partial charge is 0.119 e. The molecule has 0 amide bonds. The molecule has 2 unspecified atom stereocenters. The van der Waals surface area contributed by atoms with E-state index in [1.54, 1.807) is 0 Å². The Hall–Kier alpha value is -0.0800. The maximum Gasteiger partial charge on any atom is 0.119 e. The lowest BCUT2D eigenvalue weighted by molar-refractivity contribution is -0.161. The average Bonchev–Trinajstić information content (AvgIpc) is 2.14. The maximum atomic E-state index is 6.16. The van der Waals surface area contributed by atoms with Gasteiger partial charge in [-0.3, -0.25) is 5.32 Å². The lowest BCUT2D eigenvalue weighted by Gasteiger charge is -2.51. The summed E-state index contributed by atoms with van der Waals surface area (Å²) < 4.78 is 6.16. The van der Waals surface area contributed by atoms with Crippen LogP contribution in [0.3, 0.4) is 0 Å². The summed E-state index contributed by atoms with van der Waals surface area (Å²) in [6.07, 6.45) is 6.11. The van der Waals surface area contributed by atoms with Gasteiger partial charge in [0.25, 0.3) is 0 Å². The van der Waals surface area contributed by atoms with Gasteiger partial charge in [0, 0.05) is 6.04 Å². The molecule has 0 bridgehead atoms. The van der Waals surface area contributed by atoms with Gasteiger partial charge in [0.15, 0.2) is 0 Å². The number of nitrogens with one attached hydrogen (secondary N) is 1. The van der Waals surface area contributed by atoms with Gasteiger partial charge in [-0.25, -0.2) is 0 Å². The van der Waals surface area contributed by atoms with Crippen LogP contribution >= 0.6 is 0 Å². The van der Waals surface area contributed by atoms with Crippen molar-refractivity contribution in [2.45, 2.75) is 78.5 Å². The van der Waals surface area contributed by atoms with Gasteiger partial charge in [-0.2, -0.15) is 0 Å². The average molecular weight is 239 g/mol. The fourth-order valence-electron chi connectivity index (χ4n) is 3.50. The van der Waals surface area contributed by atoms with E-state index >= 15 is 0 Å². The topological polar surface area (TPSA) is 21.3 Å². The van der Waals surface area contributed by atoms with E-state index < -0.39 is 0 Å². The van der Waals surface area contributed by atoms with Crippen molar-refractivity contribution in [3.8, 4) is 0 Å². The molecule has 1 N–H and O–H groups in total. The van der Waals surface area contributed by atoms with Crippen molar-refractivity contribution in [3.63, 3.8) is 0 Å². The minimum atomic E-state index is -0.0298. The molecule has 17 heavy (non-hydrogen) atoms. The van der Waals surface area contributed by atoms with E-state index in [-0.39, 0.29) is 5.72 Å². The van der Waals surface area contributed by atoms with Crippen molar-refractivity contribution in [3.05, 3.63) is 0 Å². The molecule has 2 rings (SSSR count). The van der Waals surface area contributed by atoms with Crippen LogP contribution in [0.2, 0.25) is 0 Å². The first-order valence-corrected chi connectivity index (χ1v) is 7.14. The van der Waals surface area contributed by atoms with Crippen LogP contribution in [0.15, 0.2) is 0 Å². The van der Waals surface area contributed by atoms with Crippen LogP contribution in [0.4, 0.5) is 0 Å². The maximum absolute atomic E-state index is 6.16. The summed E-state index contributed by atoms with van der Waals surface area (Å²) in [6, 6.07) is 0.588. The van der Waals surface area contributed by atoms with Gasteiger partial charge in [0.2, 0.25) is 0 Å². The zero-order valence-electron chi connectivity index (χ0n) is 12.2. The van der Waals surface area contributed by atoms with E-state index in [1.165, 1.54) is 19.3 Å². The minimum absolute atomic E-state index is 0.0298. The molecule has 2 heteroatoms. The third-order valence-electron chi connectivity index (χ3n) is 4.47. The Morgan fingerprint density at radius 2 is 1.88 bits per heavy atom. The van der Waals surface area contributed by atoms with Gasteiger partial charge in [-0.1, -0.05) is 34.6 Å². The Morgan fingerprint density at radius 3 is 2.47 bits per heavy atom. The van der Waals surface area contributed by atoms with Crippen LogP contribution in [-0.2, 0) is 4.74 Å². The Kier molecular flexibility index (Phi) is 3.33. The van der Waals surface area contributed by atoms with Gasteiger partial charge < -0.3 is 4.74 Å². The molecule has 1 saturated carbocycles. The van der Waals surface area contributed by atoms with Crippen LogP contribution in [0.5, 0.6) is 0 Å². The fraction of sp³-hybridized carbons (Fsp3) is 1.00. The third-order valence-corrected chi connectivity index (χ3v) is 4.47. The molecule has 2 aliphatic rings. The Bertz CT molecular complexity index is 275. The molecule has 1 saturated heterocycles. The van der Waals surface area contributed by atoms with E-state index in [1.807, 2.05) is 0 Å². The monoisotopic (exact) mass is 239 g/mol. The van der Waals surface area contributed by atoms with Crippen molar-refractivity contribution in [2.75, 3.05) is 6.61 Å². The van der Waals surface area contributed by atoms with Gasteiger partial charge in [-0.05, 0) is 42.9 Å². The highest BCUT2D eigenvalue weighted by atomic mass is 16.5. The highest BCUT2D eigenvalue weighted by molar-refractivity contribution is 4.97. The molecule has 1 aliphatic heterocycles. The van der Waals surface area contributed by atoms with Crippen molar-refractivity contribution in [1.82, 2.24) is 5.32 Å². The quantitative estimate of drug-likeness (QED) is 0.696. The molecule has 2 nitrogen and oxygen atoms in total. The van der Waals surface area contributed by atoms with Crippen molar-refractivity contribution >= 4 is 0 Å². The second-order valence-corrected chi connectivity index (χ2v) is 7.89. The normalized spacial score (nSPS) is 38.3. The van der Waals surface area contributed by atoms with Crippen molar-refractivity contribution in [2.24, 2.45) is 10.8 Å². The molecule has 2 fully saturated rings. The summed E-state index contributed by atoms with van der Waals surface area (Å²) in [6.45, 7) is 12.7. The largest absolute Gasteiger partial charge is 0.361 e. The van der Waals surface area contributed by atoms with Crippen LogP contribution < -0.4 is 5.32 Å². The van der Waals surface area contributed by atoms with Crippen LogP contribution in [0.25, 0.3) is 0 Å². The molecule has 0 aromatic heterocycles. The van der Waals surface area contributed by atoms with E-state index in [0.29, 0.717) is 16.9 Å². The lowest BCUT2D eigenvalue weighted by Crippen LogP contribution is -2.62. The second-order valence-electron chi connectivity index (χ2n) is 7.89. The molecule has 0 radical (unpaired) electrons. The zero-order chi connectivity index (χ0) is 12.7. The highest BCUT2D eigenvalue weighted by Gasteiger charge is 2.45. The van der Waals surface area contributed by atoms with Gasteiger partial charge in [0.1, 0.15) is 5.72 Å². The number of hydrogen-bond donors (Lipinski definition) is 1. The molecule has 1 heterocycles. The summed E-state index contributed by atoms with van der Waals surface area (Å²) in [5.41, 5.74) is 0.724. The van der Waals surface area contributed by atoms with E-state index in [9.17, 15) is 0 Å². The molecular formula is C15H29NO. The number of rotatable bonds is 0. The lowest BCUT2D eigenvalue weighted by atomic mass is 9.71. The predicted molar refractivity (Wildman–Crippen MR) is 71.9 cm³/mol. The fourth-order valence-corrected chi connectivity index (χ4v) is 3.50. The van der Waals surface area contributed by atoms with Crippen molar-refractivity contribution in [1.29, 1.82) is 0 Å². The van der Waals surface area contributed by atoms with Gasteiger partial charge in [-0.15, -0.1) is 0 Å². The Morgan fingerprint density at radius 1 is 1.18 bits per heavy atom. The Balaban J connectivity index is 2.10. The summed E-state index contributed by atoms with van der Waals surface area (Å²) in [7, 11) is 0. The molecule has 1 spiro atoms. The summed E-state index contributed by atoms with van der Waals surface area (Å²) in [4.78, 5) is 0. The zero-order valence-corrected chi connectivity index (χ0v) is 12.2.